The van der Waals surface area contributed by atoms with Gasteiger partial charge < -0.3 is 5.32 Å². The van der Waals surface area contributed by atoms with Crippen LogP contribution in [0.1, 0.15) is 30.1 Å². The average molecular weight is 416 g/mol. The second-order valence-corrected chi connectivity index (χ2v) is 6.25. The van der Waals surface area contributed by atoms with Crippen LogP contribution in [0.3, 0.4) is 0 Å². The first-order valence-electron chi connectivity index (χ1n) is 7.47. The summed E-state index contributed by atoms with van der Waals surface area (Å²) in [5, 5.41) is 4.22. The van der Waals surface area contributed by atoms with Crippen molar-refractivity contribution in [3.05, 3.63) is 45.7 Å². The molecule has 27 heavy (non-hydrogen) atoms. The van der Waals surface area contributed by atoms with E-state index in [1.807, 2.05) is 0 Å². The van der Waals surface area contributed by atoms with Gasteiger partial charge in [-0.2, -0.15) is 18.3 Å². The number of carbonyl (C=O) groups is 1. The molecule has 0 unspecified atom stereocenters. The average Bonchev–Trinajstić information content (AvgIpc) is 3.33. The number of halogens is 8. The first kappa shape index (κ1) is 19.5. The van der Waals surface area contributed by atoms with E-state index in [1.54, 1.807) is 5.32 Å². The lowest BCUT2D eigenvalue weighted by Crippen LogP contribution is -2.23. The highest BCUT2D eigenvalue weighted by molar-refractivity contribution is 6.32. The standard InChI is InChI=1S/C15H9ClF7N3O/c16-9-13(5-1-2-5)26(25-14(9)15(21,22)23)4-8(27)24-12-10(19)6(17)3-7(18)11(12)20/h3,5H,1-2,4H2,(H,24,27). The molecule has 1 aliphatic carbocycles. The largest absolute Gasteiger partial charge is 0.436 e. The van der Waals surface area contributed by atoms with E-state index < -0.39 is 58.3 Å². The molecule has 1 saturated carbocycles. The Hall–Kier alpha value is -2.30. The summed E-state index contributed by atoms with van der Waals surface area (Å²) < 4.78 is 93.1. The van der Waals surface area contributed by atoms with Gasteiger partial charge in [0.2, 0.25) is 5.91 Å². The molecule has 1 aromatic carbocycles. The Morgan fingerprint density at radius 3 is 2.22 bits per heavy atom. The number of aromatic nitrogens is 2. The lowest BCUT2D eigenvalue weighted by molar-refractivity contribution is -0.141. The molecule has 0 bridgehead atoms. The van der Waals surface area contributed by atoms with Crippen molar-refractivity contribution < 1.29 is 35.5 Å². The molecule has 2 aromatic rings. The minimum Gasteiger partial charge on any atom is -0.319 e. The summed E-state index contributed by atoms with van der Waals surface area (Å²) in [6.45, 7) is -0.890. The minimum absolute atomic E-state index is 0.0366. The molecule has 1 heterocycles. The molecule has 4 nitrogen and oxygen atoms in total. The number of rotatable bonds is 4. The molecule has 0 spiro atoms. The molecular weight excluding hydrogens is 407 g/mol. The normalized spacial score (nSPS) is 14.5. The fourth-order valence-corrected chi connectivity index (χ4v) is 2.90. The molecule has 0 atom stereocenters. The van der Waals surface area contributed by atoms with Crippen molar-refractivity contribution in [2.75, 3.05) is 5.32 Å². The topological polar surface area (TPSA) is 46.9 Å². The molecule has 1 fully saturated rings. The van der Waals surface area contributed by atoms with Gasteiger partial charge in [0.1, 0.15) is 12.2 Å². The van der Waals surface area contributed by atoms with E-state index in [2.05, 4.69) is 5.10 Å². The Morgan fingerprint density at radius 1 is 1.19 bits per heavy atom. The maximum atomic E-state index is 13.6. The summed E-state index contributed by atoms with van der Waals surface area (Å²) in [6, 6.07) is -0.0472. The zero-order valence-electron chi connectivity index (χ0n) is 13.1. The summed E-state index contributed by atoms with van der Waals surface area (Å²) in [6.07, 6.45) is -3.81. The Kier molecular flexibility index (Phi) is 4.83. The Bertz CT molecular complexity index is 895. The van der Waals surface area contributed by atoms with Gasteiger partial charge in [-0.05, 0) is 12.8 Å². The van der Waals surface area contributed by atoms with Gasteiger partial charge >= 0.3 is 6.18 Å². The van der Waals surface area contributed by atoms with Crippen LogP contribution in [-0.2, 0) is 17.5 Å². The molecule has 1 amide bonds. The highest BCUT2D eigenvalue weighted by atomic mass is 35.5. The van der Waals surface area contributed by atoms with Gasteiger partial charge in [-0.1, -0.05) is 11.6 Å². The van der Waals surface area contributed by atoms with Gasteiger partial charge in [-0.15, -0.1) is 0 Å². The first-order valence-corrected chi connectivity index (χ1v) is 7.84. The quantitative estimate of drug-likeness (QED) is 0.585. The number of nitrogens with zero attached hydrogens (tertiary/aromatic N) is 2. The summed E-state index contributed by atoms with van der Waals surface area (Å²) >= 11 is 5.73. The van der Waals surface area contributed by atoms with Crippen LogP contribution in [0.5, 0.6) is 0 Å². The van der Waals surface area contributed by atoms with E-state index in [1.165, 1.54) is 0 Å². The van der Waals surface area contributed by atoms with Crippen molar-refractivity contribution in [2.24, 2.45) is 0 Å². The van der Waals surface area contributed by atoms with E-state index in [0.717, 1.165) is 0 Å². The van der Waals surface area contributed by atoms with Crippen LogP contribution in [0.4, 0.5) is 36.4 Å². The van der Waals surface area contributed by atoms with E-state index >= 15 is 0 Å². The fourth-order valence-electron chi connectivity index (χ4n) is 2.50. The SMILES string of the molecule is O=C(Cn1nc(C(F)(F)F)c(Cl)c1C1CC1)Nc1c(F)c(F)cc(F)c1F. The Labute approximate surface area is 151 Å². The number of amides is 1. The maximum Gasteiger partial charge on any atom is 0.436 e. The third kappa shape index (κ3) is 3.73. The van der Waals surface area contributed by atoms with E-state index in [9.17, 15) is 35.5 Å². The molecule has 1 aliphatic rings. The molecule has 3 rings (SSSR count). The first-order chi connectivity index (χ1) is 12.5. The van der Waals surface area contributed by atoms with Crippen molar-refractivity contribution >= 4 is 23.2 Å². The Balaban J connectivity index is 1.90. The van der Waals surface area contributed by atoms with Crippen LogP contribution < -0.4 is 5.32 Å². The van der Waals surface area contributed by atoms with E-state index in [0.29, 0.717) is 17.5 Å². The van der Waals surface area contributed by atoms with Crippen LogP contribution in [-0.4, -0.2) is 15.7 Å². The van der Waals surface area contributed by atoms with Crippen molar-refractivity contribution in [2.45, 2.75) is 31.5 Å². The van der Waals surface area contributed by atoms with Crippen molar-refractivity contribution in [3.63, 3.8) is 0 Å². The third-order valence-electron chi connectivity index (χ3n) is 3.83. The van der Waals surface area contributed by atoms with Crippen LogP contribution in [0.2, 0.25) is 5.02 Å². The predicted molar refractivity (Wildman–Crippen MR) is 79.1 cm³/mol. The fraction of sp³-hybridized carbons (Fsp3) is 0.333. The summed E-state index contributed by atoms with van der Waals surface area (Å²) in [4.78, 5) is 12.0. The van der Waals surface area contributed by atoms with Gasteiger partial charge in [0.15, 0.2) is 29.0 Å². The highest BCUT2D eigenvalue weighted by Crippen LogP contribution is 2.46. The number of benzene rings is 1. The molecule has 1 N–H and O–H groups in total. The zero-order chi connectivity index (χ0) is 20.1. The van der Waals surface area contributed by atoms with Crippen LogP contribution >= 0.6 is 11.6 Å². The number of hydrogen-bond donors (Lipinski definition) is 1. The van der Waals surface area contributed by atoms with E-state index in [-0.39, 0.29) is 17.7 Å². The van der Waals surface area contributed by atoms with Gasteiger partial charge in [0, 0.05) is 12.0 Å². The van der Waals surface area contributed by atoms with Crippen LogP contribution in [0, 0.1) is 23.3 Å². The Morgan fingerprint density at radius 2 is 1.74 bits per heavy atom. The molecule has 0 saturated heterocycles. The monoisotopic (exact) mass is 415 g/mol. The zero-order valence-corrected chi connectivity index (χ0v) is 13.9. The van der Waals surface area contributed by atoms with E-state index in [4.69, 9.17) is 11.6 Å². The van der Waals surface area contributed by atoms with Gasteiger partial charge in [0.05, 0.1) is 10.7 Å². The number of anilines is 1. The third-order valence-corrected chi connectivity index (χ3v) is 4.21. The van der Waals surface area contributed by atoms with Gasteiger partial charge in [-0.3, -0.25) is 9.48 Å². The van der Waals surface area contributed by atoms with Crippen LogP contribution in [0.25, 0.3) is 0 Å². The lowest BCUT2D eigenvalue weighted by atomic mass is 10.2. The molecule has 146 valence electrons. The van der Waals surface area contributed by atoms with Crippen molar-refractivity contribution in [1.82, 2.24) is 9.78 Å². The predicted octanol–water partition coefficient (Wildman–Crippen LogP) is 4.63. The second-order valence-electron chi connectivity index (χ2n) is 5.87. The van der Waals surface area contributed by atoms with Crippen LogP contribution in [0.15, 0.2) is 6.07 Å². The molecule has 0 radical (unpaired) electrons. The summed E-state index contributed by atoms with van der Waals surface area (Å²) in [5.74, 6) is -8.77. The smallest absolute Gasteiger partial charge is 0.319 e. The highest BCUT2D eigenvalue weighted by Gasteiger charge is 2.42. The second kappa shape index (κ2) is 6.70. The number of carbonyl (C=O) groups excluding carboxylic acids is 1. The molecule has 12 heteroatoms. The maximum absolute atomic E-state index is 13.6. The number of nitrogens with one attached hydrogen (secondary N) is 1. The summed E-state index contributed by atoms with van der Waals surface area (Å²) in [5.41, 5.74) is -2.82. The number of alkyl halides is 3. The lowest BCUT2D eigenvalue weighted by Gasteiger charge is -2.10. The minimum atomic E-state index is -4.87. The number of hydrogen-bond acceptors (Lipinski definition) is 2. The summed E-state index contributed by atoms with van der Waals surface area (Å²) in [7, 11) is 0. The molecular formula is C15H9ClF7N3O. The van der Waals surface area contributed by atoms with Gasteiger partial charge in [0.25, 0.3) is 0 Å². The molecule has 0 aliphatic heterocycles. The van der Waals surface area contributed by atoms with Gasteiger partial charge in [-0.25, -0.2) is 17.6 Å². The van der Waals surface area contributed by atoms with Crippen molar-refractivity contribution in [1.29, 1.82) is 0 Å². The molecule has 1 aromatic heterocycles. The van der Waals surface area contributed by atoms with Crippen molar-refractivity contribution in [3.8, 4) is 0 Å².